The summed E-state index contributed by atoms with van der Waals surface area (Å²) in [6, 6.07) is 8.31. The second kappa shape index (κ2) is 8.96. The highest BCUT2D eigenvalue weighted by Gasteiger charge is 2.31. The van der Waals surface area contributed by atoms with E-state index in [2.05, 4.69) is 37.4 Å². The zero-order valence-electron chi connectivity index (χ0n) is 12.6. The standard InChI is InChI=1S/C18H25ClN.HI/c1-3-11-20(12-4-2)13-9-17(10-14-20)15-16-5-7-18(19)8-6-16;/h3-8,17H,1-2,9-15H2;1H/q+1;/p-1. The third kappa shape index (κ3) is 5.42. The highest BCUT2D eigenvalue weighted by Crippen LogP contribution is 2.27. The molecule has 0 amide bonds. The van der Waals surface area contributed by atoms with E-state index in [9.17, 15) is 0 Å². The van der Waals surface area contributed by atoms with Gasteiger partial charge < -0.3 is 28.5 Å². The van der Waals surface area contributed by atoms with E-state index in [0.717, 1.165) is 28.5 Å². The molecule has 1 heterocycles. The Morgan fingerprint density at radius 3 is 2.05 bits per heavy atom. The van der Waals surface area contributed by atoms with Crippen LogP contribution in [0.3, 0.4) is 0 Å². The van der Waals surface area contributed by atoms with Crippen molar-refractivity contribution < 1.29 is 28.5 Å². The van der Waals surface area contributed by atoms with E-state index < -0.39 is 0 Å². The van der Waals surface area contributed by atoms with Crippen LogP contribution in [0, 0.1) is 5.92 Å². The summed E-state index contributed by atoms with van der Waals surface area (Å²) in [6.07, 6.45) is 7.89. The van der Waals surface area contributed by atoms with Crippen LogP contribution in [-0.4, -0.2) is 30.7 Å². The summed E-state index contributed by atoms with van der Waals surface area (Å²) in [7, 11) is 0. The van der Waals surface area contributed by atoms with Gasteiger partial charge in [0.15, 0.2) is 0 Å². The Hall–Kier alpha value is -0.320. The summed E-state index contributed by atoms with van der Waals surface area (Å²) >= 11 is 5.94. The van der Waals surface area contributed by atoms with E-state index in [-0.39, 0.29) is 24.0 Å². The van der Waals surface area contributed by atoms with E-state index in [1.807, 2.05) is 12.1 Å². The van der Waals surface area contributed by atoms with E-state index in [1.165, 1.54) is 37.9 Å². The van der Waals surface area contributed by atoms with Crippen molar-refractivity contribution in [3.8, 4) is 0 Å². The SMILES string of the molecule is C=CC[N+]1(CC=C)CCC(Cc2ccc(Cl)cc2)CC1.[I-]. The second-order valence-electron chi connectivity index (χ2n) is 6.01. The molecule has 1 aliphatic rings. The van der Waals surface area contributed by atoms with Crippen molar-refractivity contribution in [1.29, 1.82) is 0 Å². The largest absolute Gasteiger partial charge is 1.00 e. The maximum atomic E-state index is 5.94. The summed E-state index contributed by atoms with van der Waals surface area (Å²) in [5, 5.41) is 0.824. The first-order valence-electron chi connectivity index (χ1n) is 7.49. The van der Waals surface area contributed by atoms with Crippen LogP contribution in [0.5, 0.6) is 0 Å². The Kier molecular flexibility index (Phi) is 7.99. The Balaban J connectivity index is 0.00000220. The van der Waals surface area contributed by atoms with Crippen LogP contribution >= 0.6 is 11.6 Å². The molecule has 0 aromatic heterocycles. The van der Waals surface area contributed by atoms with Crippen LogP contribution in [0.15, 0.2) is 49.6 Å². The number of quaternary nitrogens is 1. The summed E-state index contributed by atoms with van der Waals surface area (Å²) in [6.45, 7) is 12.5. The lowest BCUT2D eigenvalue weighted by Crippen LogP contribution is -3.00. The molecule has 0 aliphatic carbocycles. The van der Waals surface area contributed by atoms with Gasteiger partial charge in [0, 0.05) is 5.02 Å². The van der Waals surface area contributed by atoms with E-state index in [4.69, 9.17) is 11.6 Å². The van der Waals surface area contributed by atoms with Gasteiger partial charge in [-0.2, -0.15) is 0 Å². The molecule has 21 heavy (non-hydrogen) atoms. The molecule has 1 aliphatic heterocycles. The van der Waals surface area contributed by atoms with Crippen LogP contribution in [0.4, 0.5) is 0 Å². The number of hydrogen-bond acceptors (Lipinski definition) is 0. The number of likely N-dealkylation sites (tertiary alicyclic amines) is 1. The van der Waals surface area contributed by atoms with Crippen molar-refractivity contribution in [3.05, 3.63) is 60.2 Å². The molecular formula is C18H25ClIN. The lowest BCUT2D eigenvalue weighted by molar-refractivity contribution is -0.923. The van der Waals surface area contributed by atoms with Crippen molar-refractivity contribution in [3.63, 3.8) is 0 Å². The number of halogens is 2. The number of hydrogen-bond donors (Lipinski definition) is 0. The van der Waals surface area contributed by atoms with Crippen LogP contribution in [0.1, 0.15) is 18.4 Å². The average molecular weight is 418 g/mol. The first kappa shape index (κ1) is 18.7. The maximum absolute atomic E-state index is 5.94. The Morgan fingerprint density at radius 1 is 1.05 bits per heavy atom. The molecule has 3 heteroatoms. The molecule has 0 unspecified atom stereocenters. The van der Waals surface area contributed by atoms with Crippen molar-refractivity contribution in [2.75, 3.05) is 26.2 Å². The Bertz CT molecular complexity index is 435. The second-order valence-corrected chi connectivity index (χ2v) is 6.44. The molecule has 0 bridgehead atoms. The van der Waals surface area contributed by atoms with Crippen LogP contribution in [0.2, 0.25) is 5.02 Å². The molecule has 1 aromatic carbocycles. The van der Waals surface area contributed by atoms with Gasteiger partial charge >= 0.3 is 0 Å². The maximum Gasteiger partial charge on any atom is 0.0973 e. The van der Waals surface area contributed by atoms with Gasteiger partial charge in [-0.25, -0.2) is 0 Å². The third-order valence-corrected chi connectivity index (χ3v) is 4.75. The molecule has 0 radical (unpaired) electrons. The molecule has 0 atom stereocenters. The summed E-state index contributed by atoms with van der Waals surface area (Å²) in [4.78, 5) is 0. The van der Waals surface area contributed by atoms with Crippen LogP contribution in [-0.2, 0) is 6.42 Å². The summed E-state index contributed by atoms with van der Waals surface area (Å²) in [5.74, 6) is 0.803. The van der Waals surface area contributed by atoms with Gasteiger partial charge in [0.25, 0.3) is 0 Å². The van der Waals surface area contributed by atoms with Crippen LogP contribution < -0.4 is 24.0 Å². The average Bonchev–Trinajstić information content (AvgIpc) is 2.45. The number of benzene rings is 1. The van der Waals surface area contributed by atoms with Gasteiger partial charge in [0.05, 0.1) is 26.2 Å². The minimum Gasteiger partial charge on any atom is -1.00 e. The summed E-state index contributed by atoms with van der Waals surface area (Å²) < 4.78 is 1.14. The van der Waals surface area contributed by atoms with Crippen molar-refractivity contribution in [1.82, 2.24) is 0 Å². The Morgan fingerprint density at radius 2 is 1.57 bits per heavy atom. The van der Waals surface area contributed by atoms with Crippen molar-refractivity contribution in [2.24, 2.45) is 5.92 Å². The molecule has 1 nitrogen and oxygen atoms in total. The predicted molar refractivity (Wildman–Crippen MR) is 88.0 cm³/mol. The lowest BCUT2D eigenvalue weighted by atomic mass is 9.89. The van der Waals surface area contributed by atoms with E-state index in [1.54, 1.807) is 0 Å². The molecule has 1 saturated heterocycles. The quantitative estimate of drug-likeness (QED) is 0.374. The third-order valence-electron chi connectivity index (χ3n) is 4.49. The van der Waals surface area contributed by atoms with Crippen LogP contribution in [0.25, 0.3) is 0 Å². The Labute approximate surface area is 151 Å². The topological polar surface area (TPSA) is 0 Å². The van der Waals surface area contributed by atoms with E-state index >= 15 is 0 Å². The van der Waals surface area contributed by atoms with E-state index in [0.29, 0.717) is 0 Å². The highest BCUT2D eigenvalue weighted by atomic mass is 127. The fourth-order valence-corrected chi connectivity index (χ4v) is 3.44. The fraction of sp³-hybridized carbons (Fsp3) is 0.444. The molecule has 1 aromatic rings. The minimum atomic E-state index is 0. The van der Waals surface area contributed by atoms with Gasteiger partial charge in [-0.05, 0) is 55.0 Å². The molecule has 0 saturated carbocycles. The predicted octanol–water partition coefficient (Wildman–Crippen LogP) is 1.49. The monoisotopic (exact) mass is 417 g/mol. The van der Waals surface area contributed by atoms with Gasteiger partial charge in [-0.15, -0.1) is 0 Å². The fourth-order valence-electron chi connectivity index (χ4n) is 3.31. The zero-order valence-corrected chi connectivity index (χ0v) is 15.5. The first-order chi connectivity index (χ1) is 9.67. The van der Waals surface area contributed by atoms with Crippen molar-refractivity contribution in [2.45, 2.75) is 19.3 Å². The molecule has 0 N–H and O–H groups in total. The molecule has 0 spiro atoms. The van der Waals surface area contributed by atoms with Crippen molar-refractivity contribution >= 4 is 11.6 Å². The molecule has 2 rings (SSSR count). The molecule has 116 valence electrons. The summed E-state index contributed by atoms with van der Waals surface area (Å²) in [5.41, 5.74) is 1.41. The van der Waals surface area contributed by atoms with Gasteiger partial charge in [-0.1, -0.05) is 36.9 Å². The normalized spacial score (nSPS) is 17.8. The smallest absolute Gasteiger partial charge is 0.0973 e. The number of piperidine rings is 1. The molecular weight excluding hydrogens is 393 g/mol. The van der Waals surface area contributed by atoms with Gasteiger partial charge in [0.2, 0.25) is 0 Å². The van der Waals surface area contributed by atoms with Gasteiger partial charge in [-0.3, -0.25) is 0 Å². The first-order valence-corrected chi connectivity index (χ1v) is 7.86. The number of nitrogens with zero attached hydrogens (tertiary/aromatic N) is 1. The number of rotatable bonds is 6. The highest BCUT2D eigenvalue weighted by molar-refractivity contribution is 6.30. The zero-order chi connectivity index (χ0) is 14.4. The van der Waals surface area contributed by atoms with Gasteiger partial charge in [0.1, 0.15) is 0 Å². The lowest BCUT2D eigenvalue weighted by Gasteiger charge is -2.42. The molecule has 1 fully saturated rings. The minimum absolute atomic E-state index is 0.